The maximum Gasteiger partial charge on any atom is 0.162 e. The van der Waals surface area contributed by atoms with Gasteiger partial charge in [0.1, 0.15) is 0 Å². The van der Waals surface area contributed by atoms with Crippen molar-refractivity contribution >= 4 is 27.5 Å². The third-order valence-electron chi connectivity index (χ3n) is 5.22. The monoisotopic (exact) mass is 370 g/mol. The molecule has 1 aromatic rings. The molecule has 0 amide bonds. The lowest BCUT2D eigenvalue weighted by Gasteiger charge is -2.16. The Balaban J connectivity index is 1.61. The molecule has 2 fully saturated rings. The second-order valence-electron chi connectivity index (χ2n) is 6.46. The third-order valence-corrected chi connectivity index (χ3v) is 6.44. The fraction of sp³-hybridized carbons (Fsp3) is 0.647. The summed E-state index contributed by atoms with van der Waals surface area (Å²) < 4.78 is 12.6. The van der Waals surface area contributed by atoms with Gasteiger partial charge in [0.25, 0.3) is 0 Å². The van der Waals surface area contributed by atoms with E-state index in [-0.39, 0.29) is 5.38 Å². The van der Waals surface area contributed by atoms with Crippen LogP contribution in [0, 0.1) is 17.8 Å². The minimum absolute atomic E-state index is 0.0876. The molecule has 1 aliphatic heterocycles. The molecule has 3 atom stereocenters. The Bertz CT molecular complexity index is 536. The molecule has 1 aromatic carbocycles. The zero-order valence-electron chi connectivity index (χ0n) is 12.0. The number of rotatable bonds is 2. The van der Waals surface area contributed by atoms with Crippen LogP contribution in [0.15, 0.2) is 16.6 Å². The average Bonchev–Trinajstić information content (AvgIpc) is 3.25. The first-order chi connectivity index (χ1) is 10.3. The van der Waals surface area contributed by atoms with Gasteiger partial charge in [0, 0.05) is 10.9 Å². The van der Waals surface area contributed by atoms with Gasteiger partial charge in [-0.05, 0) is 48.3 Å². The van der Waals surface area contributed by atoms with E-state index in [1.165, 1.54) is 31.2 Å². The highest BCUT2D eigenvalue weighted by Gasteiger charge is 2.54. The Morgan fingerprint density at radius 1 is 1.00 bits per heavy atom. The Morgan fingerprint density at radius 2 is 1.62 bits per heavy atom. The van der Waals surface area contributed by atoms with Crippen molar-refractivity contribution < 1.29 is 9.47 Å². The summed E-state index contributed by atoms with van der Waals surface area (Å²) in [5.41, 5.74) is 1.17. The number of fused-ring (bicyclic) bond motifs is 2. The van der Waals surface area contributed by atoms with Crippen molar-refractivity contribution in [1.82, 2.24) is 0 Å². The smallest absolute Gasteiger partial charge is 0.162 e. The molecule has 0 spiro atoms. The molecule has 1 heterocycles. The number of alkyl halides is 1. The van der Waals surface area contributed by atoms with Crippen LogP contribution in [0.1, 0.15) is 43.0 Å². The van der Waals surface area contributed by atoms with E-state index < -0.39 is 0 Å². The lowest BCUT2D eigenvalue weighted by Crippen LogP contribution is -2.00. The molecule has 4 heteroatoms. The zero-order valence-corrected chi connectivity index (χ0v) is 14.3. The normalized spacial score (nSPS) is 32.0. The molecule has 2 saturated carbocycles. The average molecular weight is 372 g/mol. The summed E-state index contributed by atoms with van der Waals surface area (Å²) in [4.78, 5) is 0. The summed E-state index contributed by atoms with van der Waals surface area (Å²) in [5.74, 6) is 4.03. The highest BCUT2D eigenvalue weighted by Crippen LogP contribution is 2.63. The van der Waals surface area contributed by atoms with E-state index in [2.05, 4.69) is 22.0 Å². The van der Waals surface area contributed by atoms with E-state index in [1.54, 1.807) is 0 Å². The van der Waals surface area contributed by atoms with Crippen molar-refractivity contribution in [2.75, 3.05) is 13.2 Å². The van der Waals surface area contributed by atoms with Gasteiger partial charge in [0.2, 0.25) is 0 Å². The minimum Gasteiger partial charge on any atom is -0.490 e. The minimum atomic E-state index is 0.0876. The highest BCUT2D eigenvalue weighted by molar-refractivity contribution is 9.10. The molecule has 0 N–H and O–H groups in total. The predicted molar refractivity (Wildman–Crippen MR) is 87.3 cm³/mol. The van der Waals surface area contributed by atoms with Crippen molar-refractivity contribution in [1.29, 1.82) is 0 Å². The number of benzene rings is 1. The molecule has 2 aliphatic carbocycles. The van der Waals surface area contributed by atoms with Crippen LogP contribution in [0.25, 0.3) is 0 Å². The summed E-state index contributed by atoms with van der Waals surface area (Å²) in [6.07, 6.45) is 6.41. The molecule has 0 saturated heterocycles. The third kappa shape index (κ3) is 2.57. The van der Waals surface area contributed by atoms with Gasteiger partial charge in [-0.2, -0.15) is 0 Å². The van der Waals surface area contributed by atoms with E-state index in [9.17, 15) is 0 Å². The van der Waals surface area contributed by atoms with Gasteiger partial charge in [-0.3, -0.25) is 0 Å². The summed E-state index contributed by atoms with van der Waals surface area (Å²) in [6, 6.07) is 4.12. The topological polar surface area (TPSA) is 18.5 Å². The largest absolute Gasteiger partial charge is 0.490 e. The van der Waals surface area contributed by atoms with Gasteiger partial charge in [-0.15, -0.1) is 11.6 Å². The molecular weight excluding hydrogens is 352 g/mol. The summed E-state index contributed by atoms with van der Waals surface area (Å²) in [7, 11) is 0. The lowest BCUT2D eigenvalue weighted by molar-refractivity contribution is 0.297. The zero-order chi connectivity index (χ0) is 14.4. The molecule has 0 radical (unpaired) electrons. The summed E-state index contributed by atoms with van der Waals surface area (Å²) in [6.45, 7) is 1.44. The van der Waals surface area contributed by atoms with Gasteiger partial charge >= 0.3 is 0 Å². The van der Waals surface area contributed by atoms with Crippen molar-refractivity contribution in [3.8, 4) is 11.5 Å². The van der Waals surface area contributed by atoms with Gasteiger partial charge in [0.05, 0.1) is 18.6 Å². The standard InChI is InChI=1S/C17H20BrClO2/c18-13-9-15-14(20-6-3-7-21-15)8-12(13)17(19)16-10-4-1-2-5-11(10)16/h8-11,16-17H,1-7H2. The van der Waals surface area contributed by atoms with Gasteiger partial charge < -0.3 is 9.47 Å². The lowest BCUT2D eigenvalue weighted by atomic mass is 10.0. The molecule has 3 unspecified atom stereocenters. The van der Waals surface area contributed by atoms with E-state index in [1.807, 2.05) is 6.07 Å². The van der Waals surface area contributed by atoms with Crippen molar-refractivity contribution in [3.05, 3.63) is 22.2 Å². The van der Waals surface area contributed by atoms with Gasteiger partial charge in [0.15, 0.2) is 11.5 Å². The Labute approximate surface area is 139 Å². The highest BCUT2D eigenvalue weighted by atomic mass is 79.9. The summed E-state index contributed by atoms with van der Waals surface area (Å²) in [5, 5.41) is 0.0876. The summed E-state index contributed by atoms with van der Waals surface area (Å²) >= 11 is 10.5. The second-order valence-corrected chi connectivity index (χ2v) is 7.79. The number of halogens is 2. The van der Waals surface area contributed by atoms with E-state index in [0.29, 0.717) is 5.92 Å². The van der Waals surface area contributed by atoms with Crippen molar-refractivity contribution in [3.63, 3.8) is 0 Å². The molecule has 21 heavy (non-hydrogen) atoms. The van der Waals surface area contributed by atoms with Crippen molar-refractivity contribution in [2.24, 2.45) is 17.8 Å². The fourth-order valence-electron chi connectivity index (χ4n) is 4.10. The van der Waals surface area contributed by atoms with Gasteiger partial charge in [-0.25, -0.2) is 0 Å². The van der Waals surface area contributed by atoms with Crippen LogP contribution in [0.3, 0.4) is 0 Å². The quantitative estimate of drug-likeness (QED) is 0.654. The van der Waals surface area contributed by atoms with E-state index in [4.69, 9.17) is 21.1 Å². The van der Waals surface area contributed by atoms with Crippen LogP contribution in [-0.4, -0.2) is 13.2 Å². The van der Waals surface area contributed by atoms with E-state index in [0.717, 1.165) is 47.4 Å². The molecular formula is C17H20BrClO2. The number of hydrogen-bond donors (Lipinski definition) is 0. The first kappa shape index (κ1) is 14.2. The Hall–Kier alpha value is -0.410. The molecule has 114 valence electrons. The van der Waals surface area contributed by atoms with Crippen LogP contribution >= 0.6 is 27.5 Å². The molecule has 2 nitrogen and oxygen atoms in total. The fourth-order valence-corrected chi connectivity index (χ4v) is 5.36. The van der Waals surface area contributed by atoms with Crippen LogP contribution in [-0.2, 0) is 0 Å². The maximum atomic E-state index is 6.84. The van der Waals surface area contributed by atoms with Crippen LogP contribution in [0.2, 0.25) is 0 Å². The first-order valence-electron chi connectivity index (χ1n) is 7.99. The first-order valence-corrected chi connectivity index (χ1v) is 9.22. The van der Waals surface area contributed by atoms with E-state index >= 15 is 0 Å². The van der Waals surface area contributed by atoms with Crippen LogP contribution < -0.4 is 9.47 Å². The molecule has 0 aromatic heterocycles. The Morgan fingerprint density at radius 3 is 2.29 bits per heavy atom. The maximum absolute atomic E-state index is 6.84. The predicted octanol–water partition coefficient (Wildman–Crippen LogP) is 5.33. The number of hydrogen-bond acceptors (Lipinski definition) is 2. The second kappa shape index (κ2) is 5.66. The molecule has 0 bridgehead atoms. The van der Waals surface area contributed by atoms with Crippen molar-refractivity contribution in [2.45, 2.75) is 37.5 Å². The number of ether oxygens (including phenoxy) is 2. The van der Waals surface area contributed by atoms with Crippen LogP contribution in [0.4, 0.5) is 0 Å². The Kier molecular flexibility index (Phi) is 3.83. The molecule has 4 rings (SSSR count). The SMILES string of the molecule is ClC(c1cc2c(cc1Br)OCCCO2)C1C2CCCCC21. The van der Waals surface area contributed by atoms with Crippen LogP contribution in [0.5, 0.6) is 11.5 Å². The van der Waals surface area contributed by atoms with Gasteiger partial charge in [-0.1, -0.05) is 28.8 Å². The molecule has 3 aliphatic rings.